The Kier molecular flexibility index (Phi) is 5.28. The van der Waals surface area contributed by atoms with Crippen LogP contribution in [0.25, 0.3) is 0 Å². The van der Waals surface area contributed by atoms with Gasteiger partial charge < -0.3 is 5.73 Å². The van der Waals surface area contributed by atoms with Crippen LogP contribution in [-0.2, 0) is 6.42 Å². The van der Waals surface area contributed by atoms with Gasteiger partial charge in [-0.05, 0) is 43.4 Å². The summed E-state index contributed by atoms with van der Waals surface area (Å²) in [6.07, 6.45) is 8.26. The molecule has 1 saturated carbocycles. The van der Waals surface area contributed by atoms with Crippen molar-refractivity contribution in [3.8, 4) is 0 Å². The minimum absolute atomic E-state index is 0.00582. The fourth-order valence-corrected chi connectivity index (χ4v) is 3.39. The molecule has 0 spiro atoms. The van der Waals surface area contributed by atoms with Crippen LogP contribution in [0.3, 0.4) is 0 Å². The minimum atomic E-state index is -0.429. The first-order valence-electron chi connectivity index (χ1n) is 7.69. The lowest BCUT2D eigenvalue weighted by atomic mass is 9.72. The Morgan fingerprint density at radius 1 is 1.19 bits per heavy atom. The molecule has 4 nitrogen and oxygen atoms in total. The summed E-state index contributed by atoms with van der Waals surface area (Å²) in [5.74, 6) is -0.423. The van der Waals surface area contributed by atoms with Crippen molar-refractivity contribution >= 4 is 5.69 Å². The Morgan fingerprint density at radius 3 is 2.38 bits per heavy atom. The second-order valence-corrected chi connectivity index (χ2v) is 6.18. The summed E-state index contributed by atoms with van der Waals surface area (Å²) in [6, 6.07) is 3.71. The van der Waals surface area contributed by atoms with Gasteiger partial charge in [0.05, 0.1) is 4.92 Å². The Balaban J connectivity index is 2.28. The van der Waals surface area contributed by atoms with Crippen LogP contribution in [0.1, 0.15) is 50.5 Å². The number of nitrogens with zero attached hydrogens (tertiary/aromatic N) is 1. The van der Waals surface area contributed by atoms with Gasteiger partial charge in [-0.15, -0.1) is 0 Å². The van der Waals surface area contributed by atoms with Crippen LogP contribution in [0.2, 0.25) is 0 Å². The molecule has 0 bridgehead atoms. The minimum Gasteiger partial charge on any atom is -0.330 e. The number of nitro groups is 1. The largest absolute Gasteiger partial charge is 0.330 e. The number of halogens is 1. The zero-order valence-corrected chi connectivity index (χ0v) is 12.3. The van der Waals surface area contributed by atoms with E-state index in [1.807, 2.05) is 0 Å². The first kappa shape index (κ1) is 15.9. The first-order valence-corrected chi connectivity index (χ1v) is 7.69. The predicted octanol–water partition coefficient (Wildman–Crippen LogP) is 3.97. The molecule has 1 aromatic carbocycles. The van der Waals surface area contributed by atoms with E-state index in [4.69, 9.17) is 5.73 Å². The van der Waals surface area contributed by atoms with Crippen molar-refractivity contribution in [2.75, 3.05) is 6.54 Å². The third-order valence-electron chi connectivity index (χ3n) is 4.65. The van der Waals surface area contributed by atoms with E-state index in [9.17, 15) is 14.5 Å². The Labute approximate surface area is 124 Å². The van der Waals surface area contributed by atoms with Gasteiger partial charge in [-0.1, -0.05) is 32.1 Å². The average molecular weight is 294 g/mol. The third-order valence-corrected chi connectivity index (χ3v) is 4.65. The Hall–Kier alpha value is -1.49. The summed E-state index contributed by atoms with van der Waals surface area (Å²) in [5.41, 5.74) is 6.36. The molecule has 0 amide bonds. The highest BCUT2D eigenvalue weighted by molar-refractivity contribution is 5.41. The Bertz CT molecular complexity index is 497. The second-order valence-electron chi connectivity index (χ2n) is 6.18. The van der Waals surface area contributed by atoms with Crippen LogP contribution in [0, 0.1) is 21.3 Å². The van der Waals surface area contributed by atoms with Gasteiger partial charge in [-0.25, -0.2) is 4.39 Å². The maximum absolute atomic E-state index is 13.5. The molecule has 0 heterocycles. The maximum atomic E-state index is 13.5. The molecule has 0 unspecified atom stereocenters. The van der Waals surface area contributed by atoms with Crippen molar-refractivity contribution < 1.29 is 9.31 Å². The molecule has 21 heavy (non-hydrogen) atoms. The normalized spacial score (nSPS) is 18.8. The van der Waals surface area contributed by atoms with E-state index in [0.29, 0.717) is 18.5 Å². The molecule has 0 aliphatic heterocycles. The first-order chi connectivity index (χ1) is 10.1. The van der Waals surface area contributed by atoms with E-state index < -0.39 is 10.7 Å². The number of hydrogen-bond acceptors (Lipinski definition) is 3. The molecule has 5 heteroatoms. The van der Waals surface area contributed by atoms with E-state index in [-0.39, 0.29) is 11.1 Å². The van der Waals surface area contributed by atoms with Crippen LogP contribution >= 0.6 is 0 Å². The predicted molar refractivity (Wildman–Crippen MR) is 80.6 cm³/mol. The van der Waals surface area contributed by atoms with Gasteiger partial charge in [0.15, 0.2) is 0 Å². The van der Waals surface area contributed by atoms with Crippen LogP contribution in [0.5, 0.6) is 0 Å². The Morgan fingerprint density at radius 2 is 1.81 bits per heavy atom. The molecule has 0 saturated heterocycles. The fourth-order valence-electron chi connectivity index (χ4n) is 3.39. The third kappa shape index (κ3) is 4.00. The van der Waals surface area contributed by atoms with Crippen molar-refractivity contribution in [3.05, 3.63) is 39.7 Å². The number of hydrogen-bond donors (Lipinski definition) is 1. The van der Waals surface area contributed by atoms with Gasteiger partial charge in [0.1, 0.15) is 5.82 Å². The lowest BCUT2D eigenvalue weighted by Crippen LogP contribution is -2.34. The summed E-state index contributed by atoms with van der Waals surface area (Å²) in [7, 11) is 0. The summed E-state index contributed by atoms with van der Waals surface area (Å²) >= 11 is 0. The van der Waals surface area contributed by atoms with Crippen molar-refractivity contribution in [2.24, 2.45) is 11.1 Å². The van der Waals surface area contributed by atoms with Gasteiger partial charge in [0.25, 0.3) is 5.69 Å². The fraction of sp³-hybridized carbons (Fsp3) is 0.625. The number of nitrogens with two attached hydrogens (primary N) is 1. The molecule has 2 rings (SSSR count). The molecule has 1 aliphatic rings. The van der Waals surface area contributed by atoms with Crippen molar-refractivity contribution in [1.82, 2.24) is 0 Å². The van der Waals surface area contributed by atoms with E-state index in [2.05, 4.69) is 0 Å². The lowest BCUT2D eigenvalue weighted by molar-refractivity contribution is -0.385. The molecular weight excluding hydrogens is 271 g/mol. The van der Waals surface area contributed by atoms with Crippen LogP contribution < -0.4 is 5.73 Å². The second kappa shape index (κ2) is 6.98. The van der Waals surface area contributed by atoms with Gasteiger partial charge in [-0.3, -0.25) is 10.1 Å². The SMILES string of the molecule is NCC1(Cc2cc(F)ccc2[N+](=O)[O-])CCCCCCC1. The van der Waals surface area contributed by atoms with E-state index in [1.165, 1.54) is 31.4 Å². The van der Waals surface area contributed by atoms with Gasteiger partial charge in [0, 0.05) is 11.6 Å². The molecule has 1 aromatic rings. The maximum Gasteiger partial charge on any atom is 0.272 e. The highest BCUT2D eigenvalue weighted by Crippen LogP contribution is 2.38. The van der Waals surface area contributed by atoms with Gasteiger partial charge in [0.2, 0.25) is 0 Å². The standard InChI is InChI=1S/C16H23FN2O2/c17-14-6-7-15(19(20)21)13(10-14)11-16(12-18)8-4-2-1-3-5-9-16/h6-7,10H,1-5,8-9,11-12,18H2. The molecule has 2 N–H and O–H groups in total. The average Bonchev–Trinajstić information content (AvgIpc) is 2.42. The summed E-state index contributed by atoms with van der Waals surface area (Å²) in [5, 5.41) is 11.1. The van der Waals surface area contributed by atoms with Crippen LogP contribution in [0.15, 0.2) is 18.2 Å². The van der Waals surface area contributed by atoms with E-state index >= 15 is 0 Å². The summed E-state index contributed by atoms with van der Waals surface area (Å²) < 4.78 is 13.5. The summed E-state index contributed by atoms with van der Waals surface area (Å²) in [6.45, 7) is 0.501. The topological polar surface area (TPSA) is 69.2 Å². The lowest BCUT2D eigenvalue weighted by Gasteiger charge is -2.34. The van der Waals surface area contributed by atoms with Crippen molar-refractivity contribution in [2.45, 2.75) is 51.4 Å². The van der Waals surface area contributed by atoms with Gasteiger partial charge >= 0.3 is 0 Å². The highest BCUT2D eigenvalue weighted by atomic mass is 19.1. The van der Waals surface area contributed by atoms with Crippen molar-refractivity contribution in [3.63, 3.8) is 0 Å². The smallest absolute Gasteiger partial charge is 0.272 e. The molecule has 116 valence electrons. The number of nitro benzene ring substituents is 1. The number of benzene rings is 1. The van der Waals surface area contributed by atoms with Crippen LogP contribution in [0.4, 0.5) is 10.1 Å². The molecule has 0 aromatic heterocycles. The molecule has 0 atom stereocenters. The summed E-state index contributed by atoms with van der Waals surface area (Å²) in [4.78, 5) is 10.7. The monoisotopic (exact) mass is 294 g/mol. The van der Waals surface area contributed by atoms with E-state index in [1.54, 1.807) is 0 Å². The van der Waals surface area contributed by atoms with E-state index in [0.717, 1.165) is 31.7 Å². The van der Waals surface area contributed by atoms with Crippen LogP contribution in [-0.4, -0.2) is 11.5 Å². The highest BCUT2D eigenvalue weighted by Gasteiger charge is 2.31. The van der Waals surface area contributed by atoms with Gasteiger partial charge in [-0.2, -0.15) is 0 Å². The zero-order valence-electron chi connectivity index (χ0n) is 12.3. The zero-order chi connectivity index (χ0) is 15.3. The quantitative estimate of drug-likeness (QED) is 0.675. The molecular formula is C16H23FN2O2. The molecule has 1 fully saturated rings. The molecule has 0 radical (unpaired) electrons. The number of rotatable bonds is 4. The molecule has 1 aliphatic carbocycles. The van der Waals surface area contributed by atoms with Crippen molar-refractivity contribution in [1.29, 1.82) is 0 Å².